The molecule has 1 heterocycles. The Morgan fingerprint density at radius 3 is 2.76 bits per heavy atom. The number of hydrogen-bond acceptors (Lipinski definition) is 2. The number of aromatic nitrogens is 1. The first-order chi connectivity index (χ1) is 8.00. The Kier molecular flexibility index (Phi) is 3.38. The van der Waals surface area contributed by atoms with Gasteiger partial charge in [0.25, 0.3) is 5.56 Å². The van der Waals surface area contributed by atoms with E-state index in [0.29, 0.717) is 5.56 Å². The van der Waals surface area contributed by atoms with Crippen molar-refractivity contribution < 1.29 is 4.79 Å². The lowest BCUT2D eigenvalue weighted by atomic mass is 10.1. The van der Waals surface area contributed by atoms with Crippen LogP contribution < -0.4 is 5.56 Å². The van der Waals surface area contributed by atoms with Gasteiger partial charge in [-0.2, -0.15) is 0 Å². The first-order valence-electron chi connectivity index (χ1n) is 5.95. The van der Waals surface area contributed by atoms with Crippen molar-refractivity contribution in [3.05, 3.63) is 33.2 Å². The molecule has 0 unspecified atom stereocenters. The summed E-state index contributed by atoms with van der Waals surface area (Å²) in [6.07, 6.45) is 3.06. The molecule has 0 saturated carbocycles. The summed E-state index contributed by atoms with van der Waals surface area (Å²) in [6.45, 7) is 3.98. The van der Waals surface area contributed by atoms with Crippen LogP contribution in [0.4, 0.5) is 0 Å². The van der Waals surface area contributed by atoms with Crippen LogP contribution in [-0.2, 0) is 24.1 Å². The van der Waals surface area contributed by atoms with Gasteiger partial charge >= 0.3 is 0 Å². The summed E-state index contributed by atoms with van der Waals surface area (Å²) in [7, 11) is 0. The molecule has 0 aromatic carbocycles. The van der Waals surface area contributed by atoms with Crippen molar-refractivity contribution in [2.45, 2.75) is 45.6 Å². The third-order valence-electron chi connectivity index (χ3n) is 3.21. The maximum atomic E-state index is 12.3. The van der Waals surface area contributed by atoms with Crippen molar-refractivity contribution >= 4 is 16.8 Å². The maximum Gasteiger partial charge on any atom is 0.254 e. The smallest absolute Gasteiger partial charge is 0.254 e. The molecule has 1 aliphatic carbocycles. The molecule has 1 aromatic rings. The van der Waals surface area contributed by atoms with Gasteiger partial charge in [-0.3, -0.25) is 9.59 Å². The van der Waals surface area contributed by atoms with E-state index in [1.165, 1.54) is 5.56 Å². The topological polar surface area (TPSA) is 39.1 Å². The highest BCUT2D eigenvalue weighted by Crippen LogP contribution is 2.23. The molecule has 0 spiro atoms. The number of nitrogens with zero attached hydrogens (tertiary/aromatic N) is 1. The number of hydrogen-bond donors (Lipinski definition) is 0. The van der Waals surface area contributed by atoms with E-state index in [1.807, 2.05) is 24.5 Å². The number of pyridine rings is 1. The summed E-state index contributed by atoms with van der Waals surface area (Å²) >= 11 is 5.38. The predicted octanol–water partition coefficient (Wildman–Crippen LogP) is 2.23. The van der Waals surface area contributed by atoms with E-state index in [1.54, 1.807) is 0 Å². The average Bonchev–Trinajstić information content (AvgIpc) is 2.64. The highest BCUT2D eigenvalue weighted by atomic mass is 35.5. The van der Waals surface area contributed by atoms with E-state index in [4.69, 9.17) is 11.6 Å². The molecule has 0 atom stereocenters. The zero-order chi connectivity index (χ0) is 12.6. The van der Waals surface area contributed by atoms with Crippen LogP contribution in [-0.4, -0.2) is 9.81 Å². The maximum absolute atomic E-state index is 12.3. The predicted molar refractivity (Wildman–Crippen MR) is 67.7 cm³/mol. The second-order valence-electron chi connectivity index (χ2n) is 4.80. The highest BCUT2D eigenvalue weighted by molar-refractivity contribution is 6.63. The zero-order valence-corrected chi connectivity index (χ0v) is 10.9. The van der Waals surface area contributed by atoms with Gasteiger partial charge in [-0.15, -0.1) is 0 Å². The van der Waals surface area contributed by atoms with E-state index < -0.39 is 5.24 Å². The summed E-state index contributed by atoms with van der Waals surface area (Å²) in [5, 5.41) is -0.477. The number of halogens is 1. The molecule has 1 aromatic heterocycles. The Labute approximate surface area is 105 Å². The van der Waals surface area contributed by atoms with Crippen molar-refractivity contribution in [3.8, 4) is 0 Å². The van der Waals surface area contributed by atoms with Gasteiger partial charge < -0.3 is 4.57 Å². The summed E-state index contributed by atoms with van der Waals surface area (Å²) < 4.78 is 1.82. The normalized spacial score (nSPS) is 14.1. The van der Waals surface area contributed by atoms with Crippen LogP contribution in [0.25, 0.3) is 0 Å². The molecule has 17 heavy (non-hydrogen) atoms. The van der Waals surface area contributed by atoms with Gasteiger partial charge in [0.2, 0.25) is 5.24 Å². The number of carbonyl (C=O) groups is 1. The van der Waals surface area contributed by atoms with Crippen LogP contribution in [0.3, 0.4) is 0 Å². The van der Waals surface area contributed by atoms with Gasteiger partial charge in [0, 0.05) is 17.3 Å². The van der Waals surface area contributed by atoms with Gasteiger partial charge in [-0.1, -0.05) is 0 Å². The van der Waals surface area contributed by atoms with E-state index in [9.17, 15) is 9.59 Å². The molecular formula is C13H16ClNO2. The molecule has 92 valence electrons. The van der Waals surface area contributed by atoms with Crippen LogP contribution in [0.1, 0.15) is 43.1 Å². The molecule has 0 fully saturated rings. The SMILES string of the molecule is CC(C)n1c2c(cc(CC(=O)Cl)c1=O)CCC2. The summed E-state index contributed by atoms with van der Waals surface area (Å²) in [5.74, 6) is 0. The quantitative estimate of drug-likeness (QED) is 0.775. The van der Waals surface area contributed by atoms with Crippen LogP contribution in [0.2, 0.25) is 0 Å². The fourth-order valence-electron chi connectivity index (χ4n) is 2.55. The standard InChI is InChI=1S/C13H16ClNO2/c1-8(2)15-11-5-3-4-9(11)6-10(13(15)17)7-12(14)16/h6,8H,3-5,7H2,1-2H3. The molecule has 2 rings (SSSR count). The van der Waals surface area contributed by atoms with Crippen molar-refractivity contribution in [1.29, 1.82) is 0 Å². The Balaban J connectivity index is 2.61. The largest absolute Gasteiger partial charge is 0.310 e. The van der Waals surface area contributed by atoms with Gasteiger partial charge in [-0.25, -0.2) is 0 Å². The number of aryl methyl sites for hydroxylation is 1. The average molecular weight is 254 g/mol. The number of carbonyl (C=O) groups excluding carboxylic acids is 1. The van der Waals surface area contributed by atoms with Crippen molar-refractivity contribution in [3.63, 3.8) is 0 Å². The minimum Gasteiger partial charge on any atom is -0.310 e. The Morgan fingerprint density at radius 2 is 2.18 bits per heavy atom. The van der Waals surface area contributed by atoms with Crippen LogP contribution in [0, 0.1) is 0 Å². The lowest BCUT2D eigenvalue weighted by Gasteiger charge is -2.17. The molecule has 0 amide bonds. The molecule has 4 heteroatoms. The van der Waals surface area contributed by atoms with Crippen LogP contribution in [0.5, 0.6) is 0 Å². The minimum atomic E-state index is -0.477. The van der Waals surface area contributed by atoms with Gasteiger partial charge in [0.1, 0.15) is 0 Å². The fraction of sp³-hybridized carbons (Fsp3) is 0.538. The summed E-state index contributed by atoms with van der Waals surface area (Å²) in [6, 6.07) is 1.99. The second-order valence-corrected chi connectivity index (χ2v) is 5.22. The van der Waals surface area contributed by atoms with Crippen LogP contribution >= 0.6 is 11.6 Å². The fourth-order valence-corrected chi connectivity index (χ4v) is 2.70. The Morgan fingerprint density at radius 1 is 1.47 bits per heavy atom. The van der Waals surface area contributed by atoms with E-state index in [-0.39, 0.29) is 18.0 Å². The van der Waals surface area contributed by atoms with Crippen molar-refractivity contribution in [2.75, 3.05) is 0 Å². The van der Waals surface area contributed by atoms with Crippen molar-refractivity contribution in [1.82, 2.24) is 4.57 Å². The summed E-state index contributed by atoms with van der Waals surface area (Å²) in [4.78, 5) is 23.2. The van der Waals surface area contributed by atoms with E-state index in [2.05, 4.69) is 0 Å². The lowest BCUT2D eigenvalue weighted by molar-refractivity contribution is -0.111. The second kappa shape index (κ2) is 4.65. The first kappa shape index (κ1) is 12.4. The molecule has 0 aliphatic heterocycles. The van der Waals surface area contributed by atoms with Gasteiger partial charge in [0.05, 0.1) is 6.42 Å². The Hall–Kier alpha value is -1.09. The molecule has 0 N–H and O–H groups in total. The van der Waals surface area contributed by atoms with Gasteiger partial charge in [0.15, 0.2) is 0 Å². The molecule has 0 saturated heterocycles. The molecular weight excluding hydrogens is 238 g/mol. The molecule has 0 bridgehead atoms. The minimum absolute atomic E-state index is 0.0282. The molecule has 3 nitrogen and oxygen atoms in total. The highest BCUT2D eigenvalue weighted by Gasteiger charge is 2.20. The summed E-state index contributed by atoms with van der Waals surface area (Å²) in [5.41, 5.74) is 2.80. The first-order valence-corrected chi connectivity index (χ1v) is 6.33. The van der Waals surface area contributed by atoms with E-state index >= 15 is 0 Å². The van der Waals surface area contributed by atoms with Crippen LogP contribution in [0.15, 0.2) is 10.9 Å². The number of fused-ring (bicyclic) bond motifs is 1. The third kappa shape index (κ3) is 2.29. The third-order valence-corrected chi connectivity index (χ3v) is 3.34. The van der Waals surface area contributed by atoms with Crippen molar-refractivity contribution in [2.24, 2.45) is 0 Å². The number of rotatable bonds is 3. The zero-order valence-electron chi connectivity index (χ0n) is 10.1. The lowest BCUT2D eigenvalue weighted by Crippen LogP contribution is -2.29. The molecule has 0 radical (unpaired) electrons. The van der Waals surface area contributed by atoms with Gasteiger partial charge in [-0.05, 0) is 56.3 Å². The Bertz CT molecular complexity index is 517. The monoisotopic (exact) mass is 253 g/mol. The van der Waals surface area contributed by atoms with E-state index in [0.717, 1.165) is 25.0 Å². The molecule has 1 aliphatic rings.